The molecule has 1 atom stereocenters. The number of nitrogens with one attached hydrogen (secondary N) is 1. The van der Waals surface area contributed by atoms with Crippen molar-refractivity contribution in [3.8, 4) is 0 Å². The van der Waals surface area contributed by atoms with Crippen molar-refractivity contribution in [3.63, 3.8) is 0 Å². The van der Waals surface area contributed by atoms with Gasteiger partial charge in [-0.25, -0.2) is 8.42 Å². The number of hydrogen-bond acceptors (Lipinski definition) is 3. The van der Waals surface area contributed by atoms with Gasteiger partial charge in [0.15, 0.2) is 0 Å². The third-order valence-electron chi connectivity index (χ3n) is 5.91. The summed E-state index contributed by atoms with van der Waals surface area (Å²) in [6.07, 6.45) is 4.25. The molecule has 0 aliphatic heterocycles. The van der Waals surface area contributed by atoms with E-state index in [1.807, 2.05) is 49.4 Å². The number of amides is 1. The van der Waals surface area contributed by atoms with Crippen molar-refractivity contribution >= 4 is 21.6 Å². The Morgan fingerprint density at radius 1 is 1.03 bits per heavy atom. The first-order valence-corrected chi connectivity index (χ1v) is 12.7. The monoisotopic (exact) mass is 448 g/mol. The van der Waals surface area contributed by atoms with E-state index in [2.05, 4.69) is 17.4 Å². The summed E-state index contributed by atoms with van der Waals surface area (Å²) in [7, 11) is -3.45. The normalized spacial score (nSPS) is 15.6. The van der Waals surface area contributed by atoms with Crippen LogP contribution >= 0.6 is 0 Å². The van der Waals surface area contributed by atoms with Gasteiger partial charge >= 0.3 is 0 Å². The van der Waals surface area contributed by atoms with Gasteiger partial charge in [-0.15, -0.1) is 0 Å². The molecule has 0 aromatic heterocycles. The number of benzene rings is 3. The maximum atomic E-state index is 12.9. The summed E-state index contributed by atoms with van der Waals surface area (Å²) in [6.45, 7) is 2.14. The lowest BCUT2D eigenvalue weighted by molar-refractivity contribution is 0.0932. The van der Waals surface area contributed by atoms with Crippen LogP contribution in [0.25, 0.3) is 0 Å². The van der Waals surface area contributed by atoms with Crippen molar-refractivity contribution in [1.82, 2.24) is 5.32 Å². The Bertz CT molecular complexity index is 1220. The van der Waals surface area contributed by atoms with Crippen LogP contribution in [0.2, 0.25) is 0 Å². The Morgan fingerprint density at radius 3 is 2.50 bits per heavy atom. The summed E-state index contributed by atoms with van der Waals surface area (Å²) in [4.78, 5) is 12.9. The predicted octanol–water partition coefficient (Wildman–Crippen LogP) is 4.77. The number of hydrogen-bond donors (Lipinski definition) is 1. The highest BCUT2D eigenvalue weighted by Gasteiger charge is 2.22. The van der Waals surface area contributed by atoms with E-state index in [0.717, 1.165) is 30.4 Å². The van der Waals surface area contributed by atoms with Crippen LogP contribution in [0.3, 0.4) is 0 Å². The lowest BCUT2D eigenvalue weighted by Crippen LogP contribution is -2.31. The smallest absolute Gasteiger partial charge is 0.251 e. The summed E-state index contributed by atoms with van der Waals surface area (Å²) in [5.74, 6) is -0.114. The molecule has 0 unspecified atom stereocenters. The molecule has 0 spiro atoms. The average Bonchev–Trinajstić information content (AvgIpc) is 2.77. The Morgan fingerprint density at radius 2 is 1.78 bits per heavy atom. The Balaban J connectivity index is 1.48. The summed E-state index contributed by atoms with van der Waals surface area (Å²) in [5, 5.41) is 3.16. The van der Waals surface area contributed by atoms with Crippen molar-refractivity contribution in [2.75, 3.05) is 10.6 Å². The van der Waals surface area contributed by atoms with E-state index >= 15 is 0 Å². The number of fused-ring (bicyclic) bond motifs is 1. The molecule has 5 nitrogen and oxygen atoms in total. The van der Waals surface area contributed by atoms with E-state index in [0.29, 0.717) is 11.3 Å². The lowest BCUT2D eigenvalue weighted by atomic mass is 9.87. The quantitative estimate of drug-likeness (QED) is 0.591. The summed E-state index contributed by atoms with van der Waals surface area (Å²) < 4.78 is 26.2. The largest absolute Gasteiger partial charge is 0.345 e. The van der Waals surface area contributed by atoms with Gasteiger partial charge in [0.25, 0.3) is 5.91 Å². The van der Waals surface area contributed by atoms with E-state index in [-0.39, 0.29) is 18.5 Å². The molecule has 6 heteroatoms. The molecular formula is C26H28N2O3S. The first kappa shape index (κ1) is 22.1. The molecule has 0 bridgehead atoms. The molecule has 1 aliphatic carbocycles. The van der Waals surface area contributed by atoms with Gasteiger partial charge in [-0.1, -0.05) is 48.5 Å². The highest BCUT2D eigenvalue weighted by Crippen LogP contribution is 2.29. The summed E-state index contributed by atoms with van der Waals surface area (Å²) >= 11 is 0. The van der Waals surface area contributed by atoms with Crippen molar-refractivity contribution in [3.05, 3.63) is 101 Å². The van der Waals surface area contributed by atoms with Crippen LogP contribution in [0.5, 0.6) is 0 Å². The van der Waals surface area contributed by atoms with Gasteiger partial charge in [0.05, 0.1) is 24.5 Å². The highest BCUT2D eigenvalue weighted by molar-refractivity contribution is 7.92. The Hall–Kier alpha value is -3.12. The zero-order valence-electron chi connectivity index (χ0n) is 18.4. The van der Waals surface area contributed by atoms with E-state index in [4.69, 9.17) is 0 Å². The second-order valence-electron chi connectivity index (χ2n) is 8.42. The summed E-state index contributed by atoms with van der Waals surface area (Å²) in [6, 6.07) is 22.9. The zero-order valence-corrected chi connectivity index (χ0v) is 19.2. The third kappa shape index (κ3) is 5.02. The van der Waals surface area contributed by atoms with Crippen LogP contribution in [-0.2, 0) is 23.0 Å². The minimum absolute atomic E-state index is 0.0224. The number of sulfonamides is 1. The lowest BCUT2D eigenvalue weighted by Gasteiger charge is -2.26. The van der Waals surface area contributed by atoms with E-state index in [1.165, 1.54) is 21.7 Å². The number of aryl methyl sites for hydroxylation is 2. The molecule has 1 amide bonds. The molecule has 4 rings (SSSR count). The number of anilines is 1. The van der Waals surface area contributed by atoms with Gasteiger partial charge in [-0.05, 0) is 72.7 Å². The molecule has 1 N–H and O–H groups in total. The fraction of sp³-hybridized carbons (Fsp3) is 0.269. The maximum absolute atomic E-state index is 12.9. The van der Waals surface area contributed by atoms with Gasteiger partial charge in [-0.3, -0.25) is 9.10 Å². The second kappa shape index (κ2) is 9.17. The van der Waals surface area contributed by atoms with Crippen molar-refractivity contribution in [2.24, 2.45) is 0 Å². The second-order valence-corrected chi connectivity index (χ2v) is 10.3. The fourth-order valence-electron chi connectivity index (χ4n) is 4.26. The van der Waals surface area contributed by atoms with Crippen molar-refractivity contribution in [2.45, 2.75) is 38.8 Å². The molecular weight excluding hydrogens is 420 g/mol. The highest BCUT2D eigenvalue weighted by atomic mass is 32.2. The average molecular weight is 449 g/mol. The van der Waals surface area contributed by atoms with Crippen molar-refractivity contribution in [1.29, 1.82) is 0 Å². The molecule has 0 radical (unpaired) electrons. The minimum atomic E-state index is -3.45. The van der Waals surface area contributed by atoms with Gasteiger partial charge in [0.1, 0.15) is 0 Å². The molecule has 0 saturated carbocycles. The molecule has 32 heavy (non-hydrogen) atoms. The molecule has 0 saturated heterocycles. The molecule has 3 aromatic rings. The van der Waals surface area contributed by atoms with Crippen LogP contribution in [0.4, 0.5) is 5.69 Å². The van der Waals surface area contributed by atoms with Gasteiger partial charge in [0.2, 0.25) is 10.0 Å². The Labute approximate surface area is 190 Å². The standard InChI is InChI=1S/C26H28N2O3S/c1-19-7-5-10-23(17-19)28(32(2,30)31)18-20-13-15-22(16-14-20)26(29)27-25-12-6-9-21-8-3-4-11-24(21)25/h3-5,7-8,10-11,13-17,25H,6,9,12,18H2,1-2H3,(H,27,29)/t25-/m0/s1. The van der Waals surface area contributed by atoms with Crippen LogP contribution in [0.15, 0.2) is 72.8 Å². The molecule has 3 aromatic carbocycles. The maximum Gasteiger partial charge on any atom is 0.251 e. The number of rotatable bonds is 6. The minimum Gasteiger partial charge on any atom is -0.345 e. The van der Waals surface area contributed by atoms with Crippen molar-refractivity contribution < 1.29 is 13.2 Å². The number of nitrogens with zero attached hydrogens (tertiary/aromatic N) is 1. The zero-order chi connectivity index (χ0) is 22.7. The molecule has 0 heterocycles. The topological polar surface area (TPSA) is 66.5 Å². The SMILES string of the molecule is Cc1cccc(N(Cc2ccc(C(=O)N[C@H]3CCCc4ccccc43)cc2)S(C)(=O)=O)c1. The predicted molar refractivity (Wildman–Crippen MR) is 128 cm³/mol. The van der Waals surface area contributed by atoms with Crippen LogP contribution in [0.1, 0.15) is 51.5 Å². The number of carbonyl (C=O) groups is 1. The first-order chi connectivity index (χ1) is 15.3. The molecule has 1 aliphatic rings. The fourth-order valence-corrected chi connectivity index (χ4v) is 5.14. The van der Waals surface area contributed by atoms with Gasteiger partial charge in [-0.2, -0.15) is 0 Å². The van der Waals surface area contributed by atoms with Crippen LogP contribution in [0, 0.1) is 6.92 Å². The molecule has 0 fully saturated rings. The van der Waals surface area contributed by atoms with Crippen LogP contribution in [-0.4, -0.2) is 20.6 Å². The van der Waals surface area contributed by atoms with E-state index < -0.39 is 10.0 Å². The number of carbonyl (C=O) groups excluding carboxylic acids is 1. The van der Waals surface area contributed by atoms with Crippen LogP contribution < -0.4 is 9.62 Å². The van der Waals surface area contributed by atoms with E-state index in [9.17, 15) is 13.2 Å². The van der Waals surface area contributed by atoms with Gasteiger partial charge in [0, 0.05) is 5.56 Å². The molecule has 166 valence electrons. The summed E-state index contributed by atoms with van der Waals surface area (Å²) in [5.41, 5.74) is 5.51. The third-order valence-corrected chi connectivity index (χ3v) is 7.05. The first-order valence-electron chi connectivity index (χ1n) is 10.8. The van der Waals surface area contributed by atoms with Gasteiger partial charge < -0.3 is 5.32 Å². The Kier molecular flexibility index (Phi) is 6.33. The van der Waals surface area contributed by atoms with E-state index in [1.54, 1.807) is 18.2 Å².